The summed E-state index contributed by atoms with van der Waals surface area (Å²) >= 11 is 3.12. The average Bonchev–Trinajstić information content (AvgIpc) is 1.83. The van der Waals surface area contributed by atoms with Crippen LogP contribution in [0.15, 0.2) is 0 Å². The normalized spacial score (nSPS) is 8.75. The number of rotatable bonds is 3. The van der Waals surface area contributed by atoms with Gasteiger partial charge in [0.05, 0.1) is 6.42 Å². The molecule has 0 saturated heterocycles. The van der Waals surface area contributed by atoms with Crippen LogP contribution in [0.5, 0.6) is 0 Å². The second-order valence-corrected chi connectivity index (χ2v) is 1.94. The van der Waals surface area contributed by atoms with E-state index in [9.17, 15) is 4.79 Å². The number of alkyl halides is 1. The van der Waals surface area contributed by atoms with Gasteiger partial charge >= 0.3 is 5.97 Å². The van der Waals surface area contributed by atoms with Gasteiger partial charge < -0.3 is 4.74 Å². The lowest BCUT2D eigenvalue weighted by Gasteiger charge is -1.96. The van der Waals surface area contributed by atoms with Crippen molar-refractivity contribution in [1.29, 1.82) is 0 Å². The summed E-state index contributed by atoms with van der Waals surface area (Å²) in [7, 11) is 0. The number of halogens is 1. The molecule has 0 aromatic rings. The summed E-state index contributed by atoms with van der Waals surface area (Å²) in [6.07, 6.45) is 1.39. The van der Waals surface area contributed by atoms with Crippen LogP contribution in [0.1, 0.15) is 6.92 Å². The molecule has 0 aliphatic carbocycles. The molecule has 0 amide bonds. The van der Waals surface area contributed by atoms with E-state index in [4.69, 9.17) is 0 Å². The molecule has 1 radical (unpaired) electrons. The van der Waals surface area contributed by atoms with Crippen LogP contribution in [0.25, 0.3) is 0 Å². The third kappa shape index (κ3) is 4.12. The van der Waals surface area contributed by atoms with Gasteiger partial charge in [-0.25, -0.2) is 0 Å². The maximum Gasteiger partial charge on any atom is 0.309 e. The Bertz CT molecular complexity index is 72.8. The first-order chi connectivity index (χ1) is 3.81. The monoisotopic (exact) mass is 179 g/mol. The first-order valence-electron chi connectivity index (χ1n) is 2.33. The summed E-state index contributed by atoms with van der Waals surface area (Å²) in [6, 6.07) is 0. The molecule has 0 bridgehead atoms. The highest BCUT2D eigenvalue weighted by Crippen LogP contribution is 1.85. The van der Waals surface area contributed by atoms with Crippen molar-refractivity contribution < 1.29 is 9.53 Å². The molecule has 0 aromatic heterocycles. The van der Waals surface area contributed by atoms with Crippen molar-refractivity contribution in [2.75, 3.05) is 11.9 Å². The van der Waals surface area contributed by atoms with Crippen LogP contribution in [-0.4, -0.2) is 17.9 Å². The van der Waals surface area contributed by atoms with Crippen molar-refractivity contribution in [2.24, 2.45) is 0 Å². The first-order valence-corrected chi connectivity index (χ1v) is 3.45. The second-order valence-electron chi connectivity index (χ2n) is 1.15. The molecule has 8 heavy (non-hydrogen) atoms. The lowest BCUT2D eigenvalue weighted by atomic mass is 10.5. The van der Waals surface area contributed by atoms with Gasteiger partial charge in [0.2, 0.25) is 0 Å². The van der Waals surface area contributed by atoms with Crippen LogP contribution in [0.2, 0.25) is 0 Å². The van der Waals surface area contributed by atoms with Gasteiger partial charge in [0.15, 0.2) is 0 Å². The maximum atomic E-state index is 10.3. The van der Waals surface area contributed by atoms with E-state index in [2.05, 4.69) is 20.7 Å². The number of esters is 1. The number of carbonyl (C=O) groups is 1. The summed E-state index contributed by atoms with van der Waals surface area (Å²) in [5.74, 6) is -0.260. The van der Waals surface area contributed by atoms with Gasteiger partial charge in [0, 0.05) is 5.33 Å². The lowest BCUT2D eigenvalue weighted by molar-refractivity contribution is -0.138. The zero-order valence-corrected chi connectivity index (χ0v) is 6.27. The molecule has 0 N–H and O–H groups in total. The van der Waals surface area contributed by atoms with Gasteiger partial charge in [-0.2, -0.15) is 0 Å². The van der Waals surface area contributed by atoms with Crippen LogP contribution < -0.4 is 0 Å². The zero-order valence-electron chi connectivity index (χ0n) is 4.69. The average molecular weight is 180 g/mol. The Kier molecular flexibility index (Phi) is 5.06. The molecule has 3 heteroatoms. The predicted octanol–water partition coefficient (Wildman–Crippen LogP) is 1.15. The topological polar surface area (TPSA) is 26.3 Å². The van der Waals surface area contributed by atoms with E-state index >= 15 is 0 Å². The van der Waals surface area contributed by atoms with E-state index in [-0.39, 0.29) is 5.97 Å². The molecule has 0 unspecified atom stereocenters. The standard InChI is InChI=1S/C5H8BrO2/c1-2-5(7)8-4-3-6/h2H,3-4H2,1H3. The van der Waals surface area contributed by atoms with E-state index in [1.165, 1.54) is 6.42 Å². The number of hydrogen-bond acceptors (Lipinski definition) is 2. The highest BCUT2D eigenvalue weighted by atomic mass is 79.9. The summed E-state index contributed by atoms with van der Waals surface area (Å²) in [5, 5.41) is 0.701. The molecule has 0 aromatic carbocycles. The maximum absolute atomic E-state index is 10.3. The van der Waals surface area contributed by atoms with Gasteiger partial charge in [0.25, 0.3) is 0 Å². The molecule has 0 rings (SSSR count). The van der Waals surface area contributed by atoms with Gasteiger partial charge in [-0.1, -0.05) is 22.9 Å². The minimum atomic E-state index is -0.260. The Hall–Kier alpha value is -0.0500. The minimum absolute atomic E-state index is 0.260. The fourth-order valence-corrected chi connectivity index (χ4v) is 0.384. The Morgan fingerprint density at radius 3 is 2.88 bits per heavy atom. The van der Waals surface area contributed by atoms with Crippen molar-refractivity contribution in [3.63, 3.8) is 0 Å². The van der Waals surface area contributed by atoms with Gasteiger partial charge in [-0.3, -0.25) is 4.79 Å². The first kappa shape index (κ1) is 7.95. The number of ether oxygens (including phenoxy) is 1. The van der Waals surface area contributed by atoms with E-state index in [0.717, 1.165) is 0 Å². The largest absolute Gasteiger partial charge is 0.465 e. The zero-order chi connectivity index (χ0) is 6.41. The second kappa shape index (κ2) is 5.09. The van der Waals surface area contributed by atoms with Crippen LogP contribution >= 0.6 is 15.9 Å². The Morgan fingerprint density at radius 2 is 2.50 bits per heavy atom. The quantitative estimate of drug-likeness (QED) is 0.481. The number of carbonyl (C=O) groups excluding carboxylic acids is 1. The summed E-state index contributed by atoms with van der Waals surface area (Å²) < 4.78 is 4.60. The molecular weight excluding hydrogens is 172 g/mol. The fourth-order valence-electron chi connectivity index (χ4n) is 0.223. The van der Waals surface area contributed by atoms with Crippen molar-refractivity contribution in [1.82, 2.24) is 0 Å². The van der Waals surface area contributed by atoms with Crippen LogP contribution in [0.4, 0.5) is 0 Å². The number of hydrogen-bond donors (Lipinski definition) is 0. The molecule has 0 spiro atoms. The molecule has 0 heterocycles. The van der Waals surface area contributed by atoms with Crippen LogP contribution in [0.3, 0.4) is 0 Å². The van der Waals surface area contributed by atoms with Crippen molar-refractivity contribution in [3.05, 3.63) is 6.42 Å². The van der Waals surface area contributed by atoms with Crippen molar-refractivity contribution in [2.45, 2.75) is 6.92 Å². The summed E-state index contributed by atoms with van der Waals surface area (Å²) in [5.41, 5.74) is 0. The molecule has 0 aliphatic rings. The van der Waals surface area contributed by atoms with Gasteiger partial charge in [-0.05, 0) is 0 Å². The highest BCUT2D eigenvalue weighted by molar-refractivity contribution is 9.09. The van der Waals surface area contributed by atoms with Gasteiger partial charge in [-0.15, -0.1) is 0 Å². The Labute approximate surface area is 57.3 Å². The molecule has 2 nitrogen and oxygen atoms in total. The molecule has 0 fully saturated rings. The summed E-state index contributed by atoms with van der Waals surface area (Å²) in [4.78, 5) is 10.3. The smallest absolute Gasteiger partial charge is 0.309 e. The Balaban J connectivity index is 2.99. The molecule has 47 valence electrons. The summed E-state index contributed by atoms with van der Waals surface area (Å²) in [6.45, 7) is 2.10. The van der Waals surface area contributed by atoms with E-state index in [1.54, 1.807) is 6.92 Å². The van der Waals surface area contributed by atoms with Crippen LogP contribution in [-0.2, 0) is 9.53 Å². The fraction of sp³-hybridized carbons (Fsp3) is 0.600. The third-order valence-corrected chi connectivity index (χ3v) is 0.881. The molecule has 0 aliphatic heterocycles. The van der Waals surface area contributed by atoms with Crippen molar-refractivity contribution >= 4 is 21.9 Å². The predicted molar refractivity (Wildman–Crippen MR) is 34.7 cm³/mol. The third-order valence-electron chi connectivity index (χ3n) is 0.557. The van der Waals surface area contributed by atoms with Crippen molar-refractivity contribution in [3.8, 4) is 0 Å². The lowest BCUT2D eigenvalue weighted by Crippen LogP contribution is -2.04. The minimum Gasteiger partial charge on any atom is -0.465 e. The Morgan fingerprint density at radius 1 is 1.88 bits per heavy atom. The molecule has 0 saturated carbocycles. The molecular formula is C5H8BrO2. The van der Waals surface area contributed by atoms with Gasteiger partial charge in [0.1, 0.15) is 6.61 Å². The SMILES string of the molecule is C[CH]C(=O)OCCBr. The van der Waals surface area contributed by atoms with E-state index in [1.807, 2.05) is 0 Å². The van der Waals surface area contributed by atoms with Crippen LogP contribution in [0, 0.1) is 6.42 Å². The van der Waals surface area contributed by atoms with E-state index in [0.29, 0.717) is 11.9 Å². The van der Waals surface area contributed by atoms with E-state index < -0.39 is 0 Å². The molecule has 0 atom stereocenters. The highest BCUT2D eigenvalue weighted by Gasteiger charge is 1.94.